The topological polar surface area (TPSA) is 463 Å². The first-order chi connectivity index (χ1) is 26.0. The molecule has 8 amide bonds. The Morgan fingerprint density at radius 2 is 1.04 bits per heavy atom. The summed E-state index contributed by atoms with van der Waals surface area (Å²) in [7, 11) is 0. The Kier molecular flexibility index (Phi) is 22.4. The van der Waals surface area contributed by atoms with Gasteiger partial charge in [-0.15, -0.1) is 0 Å². The summed E-state index contributed by atoms with van der Waals surface area (Å²) < 4.78 is 0. The third-order valence-electron chi connectivity index (χ3n) is 7.39. The highest BCUT2D eigenvalue weighted by molar-refractivity contribution is 5.97. The van der Waals surface area contributed by atoms with Crippen molar-refractivity contribution in [3.63, 3.8) is 0 Å². The molecule has 0 aliphatic heterocycles. The van der Waals surface area contributed by atoms with E-state index in [4.69, 9.17) is 38.9 Å². The molecule has 0 radical (unpaired) electrons. The highest BCUT2D eigenvalue weighted by Gasteiger charge is 2.31. The van der Waals surface area contributed by atoms with Gasteiger partial charge in [-0.3, -0.25) is 52.9 Å². The zero-order valence-corrected chi connectivity index (χ0v) is 30.4. The minimum Gasteiger partial charge on any atom is -0.481 e. The highest BCUT2D eigenvalue weighted by Crippen LogP contribution is 2.07. The first-order valence-electron chi connectivity index (χ1n) is 16.9. The van der Waals surface area contributed by atoms with Gasteiger partial charge in [0, 0.05) is 25.8 Å². The standard InChI is InChI=1S/C30H50N12O14/c1-13(24(50)42-18(29(55)56)6-9-22(46)47)38-21(45)12-37-26(52)16(4-7-19(32)43)41-27(53)15(3-2-10-36-30(34)35)40-28(54)17(5-8-20(33)44)39-25(51)14(31)11-23(48)49/h13-18H,2-12,31H2,1H3,(H2,32,43)(H2,33,44)(H,37,52)(H,38,45)(H,39,51)(H,40,54)(H,41,53)(H,42,50)(H,46,47)(H,48,49)(H,55,56)(H4,34,35,36)/t13-,14-,15-,16-,17-,18-/m0/s1. The molecule has 0 bridgehead atoms. The Bertz CT molecular complexity index is 1500. The summed E-state index contributed by atoms with van der Waals surface area (Å²) in [5.74, 6) is -12.4. The molecule has 26 nitrogen and oxygen atoms in total. The minimum atomic E-state index is -1.60. The molecule has 0 saturated carbocycles. The molecule has 0 heterocycles. The van der Waals surface area contributed by atoms with Crippen molar-refractivity contribution in [2.75, 3.05) is 13.1 Å². The maximum absolute atomic E-state index is 13.5. The van der Waals surface area contributed by atoms with E-state index in [1.165, 1.54) is 6.92 Å². The SMILES string of the molecule is C[C@H](NC(=O)CNC(=O)[C@H](CCC(N)=O)NC(=O)[C@H](CCCN=C(N)N)NC(=O)[C@H](CCC(N)=O)NC(=O)[C@@H](N)CC(=O)O)C(=O)N[C@@H](CCC(=O)O)C(=O)O. The van der Waals surface area contributed by atoms with Gasteiger partial charge in [0.2, 0.25) is 47.3 Å². The van der Waals surface area contributed by atoms with Crippen molar-refractivity contribution < 1.29 is 68.1 Å². The Balaban J connectivity index is 5.98. The summed E-state index contributed by atoms with van der Waals surface area (Å²) in [5.41, 5.74) is 26.6. The van der Waals surface area contributed by atoms with Crippen molar-refractivity contribution in [1.29, 1.82) is 0 Å². The molecule has 314 valence electrons. The van der Waals surface area contributed by atoms with Crippen LogP contribution in [0.3, 0.4) is 0 Å². The second-order valence-electron chi connectivity index (χ2n) is 12.2. The maximum atomic E-state index is 13.5. The molecule has 0 aliphatic rings. The first kappa shape index (κ1) is 49.4. The lowest BCUT2D eigenvalue weighted by molar-refractivity contribution is -0.143. The molecule has 0 aromatic rings. The van der Waals surface area contributed by atoms with Gasteiger partial charge in [-0.1, -0.05) is 0 Å². The molecule has 0 saturated heterocycles. The van der Waals surface area contributed by atoms with Crippen LogP contribution in [-0.4, -0.2) is 136 Å². The van der Waals surface area contributed by atoms with Crippen molar-refractivity contribution in [3.05, 3.63) is 0 Å². The lowest BCUT2D eigenvalue weighted by Crippen LogP contribution is -2.58. The summed E-state index contributed by atoms with van der Waals surface area (Å²) >= 11 is 0. The highest BCUT2D eigenvalue weighted by atomic mass is 16.4. The molecule has 0 rings (SSSR count). The number of carbonyl (C=O) groups excluding carboxylic acids is 8. The largest absolute Gasteiger partial charge is 0.481 e. The lowest BCUT2D eigenvalue weighted by Gasteiger charge is -2.25. The first-order valence-corrected chi connectivity index (χ1v) is 16.9. The summed E-state index contributed by atoms with van der Waals surface area (Å²) in [6.45, 7) is 0.339. The lowest BCUT2D eigenvalue weighted by atomic mass is 10.0. The maximum Gasteiger partial charge on any atom is 0.326 e. The quantitative estimate of drug-likeness (QED) is 0.0198. The fourth-order valence-electron chi connectivity index (χ4n) is 4.46. The Morgan fingerprint density at radius 3 is 1.50 bits per heavy atom. The number of guanidine groups is 1. The van der Waals surface area contributed by atoms with Gasteiger partial charge in [0.1, 0.15) is 30.2 Å². The van der Waals surface area contributed by atoms with Crippen molar-refractivity contribution in [1.82, 2.24) is 31.9 Å². The number of carbonyl (C=O) groups is 11. The molecular weight excluding hydrogens is 752 g/mol. The number of nitrogens with two attached hydrogens (primary N) is 5. The van der Waals surface area contributed by atoms with Gasteiger partial charge in [-0.25, -0.2) is 4.79 Å². The number of aliphatic imine (C=N–C) groups is 1. The fraction of sp³-hybridized carbons (Fsp3) is 0.600. The van der Waals surface area contributed by atoms with Crippen molar-refractivity contribution >= 4 is 71.1 Å². The molecule has 19 N–H and O–H groups in total. The number of amides is 8. The molecule has 0 unspecified atom stereocenters. The Hall–Kier alpha value is -6.60. The average Bonchev–Trinajstić information content (AvgIpc) is 3.08. The van der Waals surface area contributed by atoms with Gasteiger partial charge in [-0.05, 0) is 39.0 Å². The average molecular weight is 803 g/mol. The molecule has 26 heteroatoms. The number of hydrogen-bond donors (Lipinski definition) is 14. The normalized spacial score (nSPS) is 13.8. The molecular formula is C30H50N12O14. The number of rotatable bonds is 28. The van der Waals surface area contributed by atoms with Crippen LogP contribution in [0, 0.1) is 0 Å². The van der Waals surface area contributed by atoms with Gasteiger partial charge in [-0.2, -0.15) is 0 Å². The van der Waals surface area contributed by atoms with Crippen LogP contribution < -0.4 is 60.6 Å². The van der Waals surface area contributed by atoms with Crippen LogP contribution in [0.4, 0.5) is 0 Å². The van der Waals surface area contributed by atoms with Crippen LogP contribution in [0.2, 0.25) is 0 Å². The van der Waals surface area contributed by atoms with Gasteiger partial charge >= 0.3 is 17.9 Å². The van der Waals surface area contributed by atoms with E-state index in [-0.39, 0.29) is 25.3 Å². The second kappa shape index (κ2) is 25.4. The number of primary amides is 2. The predicted molar refractivity (Wildman–Crippen MR) is 190 cm³/mol. The number of carboxylic acids is 3. The van der Waals surface area contributed by atoms with E-state index >= 15 is 0 Å². The van der Waals surface area contributed by atoms with Crippen molar-refractivity contribution in [3.8, 4) is 0 Å². The van der Waals surface area contributed by atoms with Gasteiger partial charge in [0.05, 0.1) is 19.0 Å². The van der Waals surface area contributed by atoms with E-state index in [0.717, 1.165) is 0 Å². The number of hydrogen-bond acceptors (Lipinski definition) is 13. The molecule has 0 fully saturated rings. The molecule has 0 aromatic heterocycles. The number of nitrogens with zero attached hydrogens (tertiary/aromatic N) is 1. The smallest absolute Gasteiger partial charge is 0.326 e. The summed E-state index contributed by atoms with van der Waals surface area (Å²) in [6, 6.07) is -9.15. The molecule has 0 spiro atoms. The number of aliphatic carboxylic acids is 3. The molecule has 0 aliphatic carbocycles. The fourth-order valence-corrected chi connectivity index (χ4v) is 4.46. The zero-order chi connectivity index (χ0) is 43.1. The Labute approximate surface area is 318 Å². The van der Waals surface area contributed by atoms with E-state index in [0.29, 0.717) is 0 Å². The van der Waals surface area contributed by atoms with Crippen LogP contribution >= 0.6 is 0 Å². The molecule has 0 aromatic carbocycles. The van der Waals surface area contributed by atoms with Crippen LogP contribution in [0.15, 0.2) is 4.99 Å². The van der Waals surface area contributed by atoms with Crippen LogP contribution in [0.5, 0.6) is 0 Å². The zero-order valence-electron chi connectivity index (χ0n) is 30.4. The van der Waals surface area contributed by atoms with Crippen LogP contribution in [-0.2, 0) is 52.7 Å². The monoisotopic (exact) mass is 802 g/mol. The van der Waals surface area contributed by atoms with Gasteiger partial charge in [0.15, 0.2) is 5.96 Å². The van der Waals surface area contributed by atoms with E-state index in [9.17, 15) is 57.8 Å². The van der Waals surface area contributed by atoms with E-state index in [1.54, 1.807) is 0 Å². The number of nitrogens with one attached hydrogen (secondary N) is 6. The van der Waals surface area contributed by atoms with Crippen molar-refractivity contribution in [2.45, 2.75) is 101 Å². The number of carboxylic acid groups (broad SMARTS) is 3. The van der Waals surface area contributed by atoms with Gasteiger partial charge < -0.3 is 75.9 Å². The molecule has 56 heavy (non-hydrogen) atoms. The second-order valence-corrected chi connectivity index (χ2v) is 12.2. The summed E-state index contributed by atoms with van der Waals surface area (Å²) in [6.07, 6.45) is -3.65. The van der Waals surface area contributed by atoms with Crippen LogP contribution in [0.25, 0.3) is 0 Å². The molecule has 6 atom stereocenters. The van der Waals surface area contributed by atoms with E-state index in [2.05, 4.69) is 36.9 Å². The van der Waals surface area contributed by atoms with Crippen LogP contribution in [0.1, 0.15) is 64.7 Å². The summed E-state index contributed by atoms with van der Waals surface area (Å²) in [5, 5.41) is 40.3. The third-order valence-corrected chi connectivity index (χ3v) is 7.39. The van der Waals surface area contributed by atoms with Crippen molar-refractivity contribution in [2.24, 2.45) is 33.7 Å². The minimum absolute atomic E-state index is 0.0374. The van der Waals surface area contributed by atoms with E-state index in [1.807, 2.05) is 0 Å². The van der Waals surface area contributed by atoms with E-state index < -0.39 is 153 Å². The predicted octanol–water partition coefficient (Wildman–Crippen LogP) is -7.12. The third kappa shape index (κ3) is 21.8. The summed E-state index contributed by atoms with van der Waals surface area (Å²) in [4.78, 5) is 137. The van der Waals surface area contributed by atoms with Gasteiger partial charge in [0.25, 0.3) is 0 Å². The Morgan fingerprint density at radius 1 is 0.571 bits per heavy atom.